The second-order valence-corrected chi connectivity index (χ2v) is 2.35. The Labute approximate surface area is 70.3 Å². The Morgan fingerprint density at radius 3 is 3.08 bits per heavy atom. The van der Waals surface area contributed by atoms with Crippen molar-refractivity contribution in [2.24, 2.45) is 10.7 Å². The number of hydrogen-bond donors (Lipinski definition) is 1. The van der Waals surface area contributed by atoms with Gasteiger partial charge in [0.1, 0.15) is 12.4 Å². The highest BCUT2D eigenvalue weighted by Crippen LogP contribution is 2.05. The lowest BCUT2D eigenvalue weighted by molar-refractivity contribution is -0.142. The largest absolute Gasteiger partial charge is 0.468 e. The molecule has 1 heterocycles. The Morgan fingerprint density at radius 1 is 1.83 bits per heavy atom. The summed E-state index contributed by atoms with van der Waals surface area (Å²) in [5, 5.41) is 3.87. The van der Waals surface area contributed by atoms with Gasteiger partial charge in [-0.05, 0) is 0 Å². The lowest BCUT2D eigenvalue weighted by atomic mass is 10.2. The SMILES string of the molecule is COC(=O)C(N)CC1=CN=C[N]1. The number of hydrogen-bond acceptors (Lipinski definition) is 4. The van der Waals surface area contributed by atoms with Crippen LogP contribution in [0.4, 0.5) is 0 Å². The summed E-state index contributed by atoms with van der Waals surface area (Å²) in [6.45, 7) is 0. The minimum atomic E-state index is -0.647. The van der Waals surface area contributed by atoms with Crippen LogP contribution in [0.3, 0.4) is 0 Å². The van der Waals surface area contributed by atoms with E-state index in [0.717, 1.165) is 0 Å². The molecule has 1 aliphatic rings. The van der Waals surface area contributed by atoms with Crippen molar-refractivity contribution < 1.29 is 9.53 Å². The van der Waals surface area contributed by atoms with E-state index in [4.69, 9.17) is 5.73 Å². The van der Waals surface area contributed by atoms with Crippen LogP contribution < -0.4 is 11.1 Å². The van der Waals surface area contributed by atoms with Crippen LogP contribution >= 0.6 is 0 Å². The number of esters is 1. The molecule has 0 aromatic carbocycles. The third kappa shape index (κ3) is 2.06. The van der Waals surface area contributed by atoms with E-state index in [1.54, 1.807) is 6.20 Å². The van der Waals surface area contributed by atoms with Gasteiger partial charge in [0.2, 0.25) is 0 Å². The fraction of sp³-hybridized carbons (Fsp3) is 0.429. The van der Waals surface area contributed by atoms with E-state index in [2.05, 4.69) is 15.0 Å². The first-order valence-corrected chi connectivity index (χ1v) is 3.49. The van der Waals surface area contributed by atoms with Gasteiger partial charge in [-0.2, -0.15) is 0 Å². The summed E-state index contributed by atoms with van der Waals surface area (Å²) in [6.07, 6.45) is 3.36. The van der Waals surface area contributed by atoms with Gasteiger partial charge < -0.3 is 10.5 Å². The average Bonchev–Trinajstić information content (AvgIpc) is 2.55. The molecule has 1 rings (SSSR count). The normalized spacial score (nSPS) is 16.7. The first-order valence-electron chi connectivity index (χ1n) is 3.49. The highest BCUT2D eigenvalue weighted by Gasteiger charge is 2.16. The molecule has 5 heteroatoms. The second-order valence-electron chi connectivity index (χ2n) is 2.35. The van der Waals surface area contributed by atoms with Gasteiger partial charge in [0.15, 0.2) is 0 Å². The van der Waals surface area contributed by atoms with Crippen molar-refractivity contribution in [2.45, 2.75) is 12.5 Å². The number of carbonyl (C=O) groups is 1. The van der Waals surface area contributed by atoms with E-state index < -0.39 is 12.0 Å². The minimum Gasteiger partial charge on any atom is -0.468 e. The topological polar surface area (TPSA) is 78.8 Å². The Hall–Kier alpha value is -1.36. The Morgan fingerprint density at radius 2 is 2.58 bits per heavy atom. The molecule has 0 aromatic heterocycles. The molecule has 0 spiro atoms. The standard InChI is InChI=1S/C7H10N3O2/c1-12-7(11)6(8)2-5-3-9-4-10-5/h3-4,6H,2,8H2,1H3. The van der Waals surface area contributed by atoms with Crippen LogP contribution in [-0.4, -0.2) is 25.5 Å². The maximum Gasteiger partial charge on any atom is 0.323 e. The molecule has 2 N–H and O–H groups in total. The summed E-state index contributed by atoms with van der Waals surface area (Å²) < 4.78 is 4.45. The van der Waals surface area contributed by atoms with Gasteiger partial charge >= 0.3 is 5.97 Å². The van der Waals surface area contributed by atoms with Crippen molar-refractivity contribution in [3.05, 3.63) is 11.9 Å². The Bertz CT molecular complexity index is 235. The van der Waals surface area contributed by atoms with Crippen LogP contribution in [0.1, 0.15) is 6.42 Å². The highest BCUT2D eigenvalue weighted by atomic mass is 16.5. The molecule has 0 bridgehead atoms. The molecule has 0 fully saturated rings. The van der Waals surface area contributed by atoms with Crippen molar-refractivity contribution in [2.75, 3.05) is 7.11 Å². The third-order valence-corrected chi connectivity index (χ3v) is 1.45. The lowest BCUT2D eigenvalue weighted by Crippen LogP contribution is -2.32. The molecule has 1 unspecified atom stereocenters. The van der Waals surface area contributed by atoms with Crippen LogP contribution in [0.15, 0.2) is 16.9 Å². The van der Waals surface area contributed by atoms with E-state index in [9.17, 15) is 4.79 Å². The monoisotopic (exact) mass is 168 g/mol. The van der Waals surface area contributed by atoms with Gasteiger partial charge in [-0.1, -0.05) is 0 Å². The Balaban J connectivity index is 2.36. The van der Waals surface area contributed by atoms with Crippen molar-refractivity contribution in [3.63, 3.8) is 0 Å². The number of rotatable bonds is 3. The molecular formula is C7H10N3O2. The van der Waals surface area contributed by atoms with Gasteiger partial charge in [0, 0.05) is 6.42 Å². The molecule has 0 saturated carbocycles. The quantitative estimate of drug-likeness (QED) is 0.569. The molecule has 12 heavy (non-hydrogen) atoms. The van der Waals surface area contributed by atoms with E-state index in [1.807, 2.05) is 0 Å². The maximum absolute atomic E-state index is 10.8. The molecule has 0 aromatic rings. The summed E-state index contributed by atoms with van der Waals surface area (Å²) in [5.41, 5.74) is 6.18. The molecule has 1 radical (unpaired) electrons. The molecule has 0 aliphatic carbocycles. The number of aliphatic imine (C=N–C) groups is 1. The van der Waals surface area contributed by atoms with Crippen molar-refractivity contribution in [1.82, 2.24) is 5.32 Å². The van der Waals surface area contributed by atoms with Crippen molar-refractivity contribution >= 4 is 12.3 Å². The van der Waals surface area contributed by atoms with Gasteiger partial charge in [-0.3, -0.25) is 4.79 Å². The van der Waals surface area contributed by atoms with Gasteiger partial charge in [-0.25, -0.2) is 10.3 Å². The average molecular weight is 168 g/mol. The molecule has 1 atom stereocenters. The van der Waals surface area contributed by atoms with Crippen LogP contribution in [-0.2, 0) is 9.53 Å². The molecule has 5 nitrogen and oxygen atoms in total. The second kappa shape index (κ2) is 3.87. The van der Waals surface area contributed by atoms with E-state index in [-0.39, 0.29) is 0 Å². The van der Waals surface area contributed by atoms with E-state index >= 15 is 0 Å². The zero-order valence-electron chi connectivity index (χ0n) is 6.73. The van der Waals surface area contributed by atoms with E-state index in [0.29, 0.717) is 12.1 Å². The van der Waals surface area contributed by atoms with Gasteiger partial charge in [0.25, 0.3) is 0 Å². The summed E-state index contributed by atoms with van der Waals surface area (Å²) in [4.78, 5) is 14.6. The summed E-state index contributed by atoms with van der Waals surface area (Å²) in [7, 11) is 1.30. The van der Waals surface area contributed by atoms with Crippen LogP contribution in [0.5, 0.6) is 0 Å². The van der Waals surface area contributed by atoms with Gasteiger partial charge in [-0.15, -0.1) is 0 Å². The summed E-state index contributed by atoms with van der Waals surface area (Å²) >= 11 is 0. The number of methoxy groups -OCH3 is 1. The van der Waals surface area contributed by atoms with Crippen molar-refractivity contribution in [1.29, 1.82) is 0 Å². The first kappa shape index (κ1) is 8.73. The highest BCUT2D eigenvalue weighted by molar-refractivity contribution is 5.76. The number of ether oxygens (including phenoxy) is 1. The molecule has 0 amide bonds. The zero-order valence-corrected chi connectivity index (χ0v) is 6.73. The maximum atomic E-state index is 10.8. The zero-order chi connectivity index (χ0) is 8.97. The first-order chi connectivity index (χ1) is 5.74. The molecule has 0 saturated heterocycles. The van der Waals surface area contributed by atoms with Crippen LogP contribution in [0.2, 0.25) is 0 Å². The molecule has 65 valence electrons. The number of carbonyl (C=O) groups excluding carboxylic acids is 1. The fourth-order valence-corrected chi connectivity index (χ4v) is 0.826. The van der Waals surface area contributed by atoms with Crippen molar-refractivity contribution in [3.8, 4) is 0 Å². The summed E-state index contributed by atoms with van der Waals surface area (Å²) in [5.74, 6) is -0.432. The van der Waals surface area contributed by atoms with E-state index in [1.165, 1.54) is 13.4 Å². The third-order valence-electron chi connectivity index (χ3n) is 1.45. The number of nitrogens with zero attached hydrogens (tertiary/aromatic N) is 2. The fourth-order valence-electron chi connectivity index (χ4n) is 0.826. The van der Waals surface area contributed by atoms with Crippen LogP contribution in [0.25, 0.3) is 0 Å². The smallest absolute Gasteiger partial charge is 0.323 e. The predicted octanol–water partition coefficient (Wildman–Crippen LogP) is -0.635. The van der Waals surface area contributed by atoms with Gasteiger partial charge in [0.05, 0.1) is 19.0 Å². The molecular weight excluding hydrogens is 158 g/mol. The lowest BCUT2D eigenvalue weighted by Gasteiger charge is -2.07. The predicted molar refractivity (Wildman–Crippen MR) is 43.3 cm³/mol. The number of nitrogens with two attached hydrogens (primary N) is 1. The molecule has 1 aliphatic heterocycles. The minimum absolute atomic E-state index is 0.368. The Kier molecular flexibility index (Phi) is 2.82. The summed E-state index contributed by atoms with van der Waals surface area (Å²) in [6, 6.07) is -0.647. The van der Waals surface area contributed by atoms with Crippen LogP contribution in [0, 0.1) is 0 Å².